The minimum absolute atomic E-state index is 1.04. The molecule has 1 radical (unpaired) electrons. The molecular weight excluding hydrogens is 112 g/mol. The maximum atomic E-state index is 3.93. The largest absolute Gasteiger partial charge is 0.359 e. The van der Waals surface area contributed by atoms with Crippen molar-refractivity contribution in [3.63, 3.8) is 0 Å². The molecule has 43 valence electrons. The third-order valence-corrected chi connectivity index (χ3v) is 1.28. The summed E-state index contributed by atoms with van der Waals surface area (Å²) in [6, 6.07) is 4.95. The van der Waals surface area contributed by atoms with Crippen LogP contribution in [0, 0.1) is 6.07 Å². The molecule has 0 fully saturated rings. The van der Waals surface area contributed by atoms with Crippen molar-refractivity contribution in [3.8, 4) is 0 Å². The standard InChI is InChI=1S/C7H5N2/c1-3-8-5-7-6(1)2-4-9-7/h1,3-5,9H. The average molecular weight is 117 g/mol. The van der Waals surface area contributed by atoms with Gasteiger partial charge in [-0.05, 0) is 6.07 Å². The number of aromatic nitrogens is 2. The molecule has 0 aliphatic rings. The summed E-state index contributed by atoms with van der Waals surface area (Å²) < 4.78 is 0. The van der Waals surface area contributed by atoms with Crippen molar-refractivity contribution in [1.82, 2.24) is 9.97 Å². The number of rotatable bonds is 0. The summed E-state index contributed by atoms with van der Waals surface area (Å²) >= 11 is 0. The molecule has 0 spiro atoms. The van der Waals surface area contributed by atoms with Crippen LogP contribution in [0.3, 0.4) is 0 Å². The van der Waals surface area contributed by atoms with Crippen LogP contribution in [-0.4, -0.2) is 9.97 Å². The molecule has 0 saturated carbocycles. The van der Waals surface area contributed by atoms with Gasteiger partial charge in [0.05, 0.1) is 11.7 Å². The number of nitrogens with one attached hydrogen (secondary N) is 1. The van der Waals surface area contributed by atoms with Crippen molar-refractivity contribution >= 4 is 10.9 Å². The number of nitrogens with zero attached hydrogens (tertiary/aromatic N) is 1. The van der Waals surface area contributed by atoms with Crippen molar-refractivity contribution < 1.29 is 0 Å². The minimum atomic E-state index is 1.04. The van der Waals surface area contributed by atoms with Gasteiger partial charge in [-0.1, -0.05) is 0 Å². The summed E-state index contributed by atoms with van der Waals surface area (Å²) in [6.45, 7) is 0. The molecule has 9 heavy (non-hydrogen) atoms. The molecule has 1 N–H and O–H groups in total. The molecule has 2 aromatic heterocycles. The van der Waals surface area contributed by atoms with Crippen molar-refractivity contribution in [1.29, 1.82) is 0 Å². The maximum Gasteiger partial charge on any atom is 0.0646 e. The first-order valence-corrected chi connectivity index (χ1v) is 2.75. The Kier molecular flexibility index (Phi) is 0.803. The molecule has 2 heteroatoms. The lowest BCUT2D eigenvalue weighted by molar-refractivity contribution is 1.34. The Balaban J connectivity index is 2.95. The predicted molar refractivity (Wildman–Crippen MR) is 34.9 cm³/mol. The zero-order chi connectivity index (χ0) is 6.10. The van der Waals surface area contributed by atoms with Gasteiger partial charge >= 0.3 is 0 Å². The Hall–Kier alpha value is -1.31. The number of hydrogen-bond acceptors (Lipinski definition) is 1. The van der Waals surface area contributed by atoms with Crippen LogP contribution in [0.2, 0.25) is 0 Å². The third-order valence-electron chi connectivity index (χ3n) is 1.28. The van der Waals surface area contributed by atoms with Gasteiger partial charge < -0.3 is 4.98 Å². The topological polar surface area (TPSA) is 28.7 Å². The van der Waals surface area contributed by atoms with Crippen molar-refractivity contribution in [3.05, 3.63) is 30.7 Å². The Morgan fingerprint density at radius 1 is 1.56 bits per heavy atom. The fraction of sp³-hybridized carbons (Fsp3) is 0. The van der Waals surface area contributed by atoms with E-state index < -0.39 is 0 Å². The normalized spacial score (nSPS) is 10.2. The first-order valence-electron chi connectivity index (χ1n) is 2.75. The van der Waals surface area contributed by atoms with E-state index in [-0.39, 0.29) is 0 Å². The summed E-state index contributed by atoms with van der Waals surface area (Å²) in [5, 5.41) is 1.09. The fourth-order valence-corrected chi connectivity index (χ4v) is 0.827. The monoisotopic (exact) mass is 117 g/mol. The average Bonchev–Trinajstić information content (AvgIpc) is 2.33. The van der Waals surface area contributed by atoms with Crippen molar-refractivity contribution in [2.45, 2.75) is 0 Å². The molecule has 0 unspecified atom stereocenters. The molecule has 0 amide bonds. The van der Waals surface area contributed by atoms with Crippen LogP contribution in [0.4, 0.5) is 0 Å². The van der Waals surface area contributed by atoms with Gasteiger partial charge in [-0.2, -0.15) is 0 Å². The molecule has 2 heterocycles. The highest BCUT2D eigenvalue weighted by Gasteiger charge is 1.88. The molecule has 0 aliphatic carbocycles. The summed E-state index contributed by atoms with van der Waals surface area (Å²) in [5.74, 6) is 0. The second kappa shape index (κ2) is 1.58. The molecule has 0 atom stereocenters. The second-order valence-corrected chi connectivity index (χ2v) is 1.85. The van der Waals surface area contributed by atoms with Crippen LogP contribution < -0.4 is 0 Å². The van der Waals surface area contributed by atoms with E-state index in [1.165, 1.54) is 0 Å². The van der Waals surface area contributed by atoms with Gasteiger partial charge in [0.1, 0.15) is 0 Å². The van der Waals surface area contributed by atoms with Gasteiger partial charge in [-0.25, -0.2) is 0 Å². The number of fused-ring (bicyclic) bond motifs is 1. The molecule has 0 bridgehead atoms. The lowest BCUT2D eigenvalue weighted by Crippen LogP contribution is -1.68. The number of H-pyrrole nitrogens is 1. The minimum Gasteiger partial charge on any atom is -0.359 e. The van der Waals surface area contributed by atoms with Crippen LogP contribution >= 0.6 is 0 Å². The van der Waals surface area contributed by atoms with Gasteiger partial charge in [0.25, 0.3) is 0 Å². The summed E-state index contributed by atoms with van der Waals surface area (Å²) in [7, 11) is 0. The molecule has 2 nitrogen and oxygen atoms in total. The predicted octanol–water partition coefficient (Wildman–Crippen LogP) is 1.36. The molecule has 2 aromatic rings. The highest BCUT2D eigenvalue weighted by atomic mass is 14.7. The van der Waals surface area contributed by atoms with Gasteiger partial charge in [-0.15, -0.1) is 0 Å². The van der Waals surface area contributed by atoms with E-state index in [2.05, 4.69) is 16.0 Å². The molecule has 0 saturated heterocycles. The lowest BCUT2D eigenvalue weighted by atomic mass is 10.3. The first kappa shape index (κ1) is 4.56. The zero-order valence-electron chi connectivity index (χ0n) is 4.76. The van der Waals surface area contributed by atoms with Gasteiger partial charge in [0, 0.05) is 23.8 Å². The van der Waals surface area contributed by atoms with Gasteiger partial charge in [0.2, 0.25) is 0 Å². The van der Waals surface area contributed by atoms with E-state index >= 15 is 0 Å². The molecule has 0 aromatic carbocycles. The highest BCUT2D eigenvalue weighted by Crippen LogP contribution is 2.06. The van der Waals surface area contributed by atoms with E-state index in [4.69, 9.17) is 0 Å². The third kappa shape index (κ3) is 0.598. The zero-order valence-corrected chi connectivity index (χ0v) is 4.76. The van der Waals surface area contributed by atoms with Crippen LogP contribution in [0.25, 0.3) is 10.9 Å². The fourth-order valence-electron chi connectivity index (χ4n) is 0.827. The summed E-state index contributed by atoms with van der Waals surface area (Å²) in [4.78, 5) is 6.94. The number of aromatic amines is 1. The van der Waals surface area contributed by atoms with E-state index in [1.807, 2.05) is 6.07 Å². The van der Waals surface area contributed by atoms with Crippen molar-refractivity contribution in [2.24, 2.45) is 0 Å². The van der Waals surface area contributed by atoms with E-state index in [1.54, 1.807) is 18.6 Å². The lowest BCUT2D eigenvalue weighted by Gasteiger charge is -1.82. The van der Waals surface area contributed by atoms with Crippen LogP contribution in [0.15, 0.2) is 24.7 Å². The maximum absolute atomic E-state index is 3.93. The Labute approximate surface area is 52.5 Å². The Morgan fingerprint density at radius 3 is 3.44 bits per heavy atom. The molecular formula is C7H5N2. The van der Waals surface area contributed by atoms with E-state index in [0.717, 1.165) is 10.9 Å². The number of hydrogen-bond donors (Lipinski definition) is 1. The number of pyridine rings is 1. The highest BCUT2D eigenvalue weighted by molar-refractivity contribution is 5.76. The van der Waals surface area contributed by atoms with Gasteiger partial charge in [-0.3, -0.25) is 4.98 Å². The first-order chi connectivity index (χ1) is 4.47. The van der Waals surface area contributed by atoms with Crippen molar-refractivity contribution in [2.75, 3.05) is 0 Å². The summed E-state index contributed by atoms with van der Waals surface area (Å²) in [5.41, 5.74) is 1.04. The molecule has 2 rings (SSSR count). The quantitative estimate of drug-likeness (QED) is 0.554. The molecule has 0 aliphatic heterocycles. The smallest absolute Gasteiger partial charge is 0.0646 e. The Morgan fingerprint density at radius 2 is 2.56 bits per heavy atom. The van der Waals surface area contributed by atoms with Crippen LogP contribution in [0.1, 0.15) is 0 Å². The van der Waals surface area contributed by atoms with E-state index in [9.17, 15) is 0 Å². The summed E-state index contributed by atoms with van der Waals surface area (Å²) in [6.07, 6.45) is 5.32. The Bertz CT molecular complexity index is 281. The van der Waals surface area contributed by atoms with Gasteiger partial charge in [0.15, 0.2) is 0 Å². The SMILES string of the molecule is [c]1c[nH]c2cnccc12. The van der Waals surface area contributed by atoms with Crippen LogP contribution in [-0.2, 0) is 0 Å². The van der Waals surface area contributed by atoms with E-state index in [0.29, 0.717) is 0 Å². The second-order valence-electron chi connectivity index (χ2n) is 1.85. The van der Waals surface area contributed by atoms with Crippen LogP contribution in [0.5, 0.6) is 0 Å².